The van der Waals surface area contributed by atoms with Gasteiger partial charge in [0.05, 0.1) is 15.9 Å². The molecule has 0 aliphatic heterocycles. The molecule has 1 saturated carbocycles. The van der Waals surface area contributed by atoms with Gasteiger partial charge in [-0.1, -0.05) is 20.8 Å². The molecule has 18 heavy (non-hydrogen) atoms. The Labute approximate surface area is 118 Å². The first-order valence-electron chi connectivity index (χ1n) is 6.90. The highest BCUT2D eigenvalue weighted by Crippen LogP contribution is 2.53. The topological polar surface area (TPSA) is 43.8 Å². The summed E-state index contributed by atoms with van der Waals surface area (Å²) in [6.45, 7) is 9.80. The predicted octanol–water partition coefficient (Wildman–Crippen LogP) is 3.14. The Kier molecular flexibility index (Phi) is 3.88. The van der Waals surface area contributed by atoms with E-state index in [-0.39, 0.29) is 6.04 Å². The molecule has 1 aliphatic rings. The third-order valence-electron chi connectivity index (χ3n) is 4.23. The number of rotatable bonds is 5. The second-order valence-electron chi connectivity index (χ2n) is 6.04. The predicted molar refractivity (Wildman–Crippen MR) is 78.5 cm³/mol. The number of hydrogen-bond acceptors (Lipinski definition) is 2. The monoisotopic (exact) mass is 313 g/mol. The van der Waals surface area contributed by atoms with Crippen LogP contribution in [0.2, 0.25) is 0 Å². The smallest absolute Gasteiger partial charge is 0.0766 e. The van der Waals surface area contributed by atoms with Gasteiger partial charge in [-0.2, -0.15) is 5.10 Å². The number of aromatic nitrogens is 2. The van der Waals surface area contributed by atoms with Crippen LogP contribution >= 0.6 is 15.9 Å². The van der Waals surface area contributed by atoms with Gasteiger partial charge in [-0.05, 0) is 47.0 Å². The minimum atomic E-state index is 0.253. The van der Waals surface area contributed by atoms with Crippen LogP contribution in [0.1, 0.15) is 45.5 Å². The van der Waals surface area contributed by atoms with Crippen molar-refractivity contribution in [3.63, 3.8) is 0 Å². The molecular weight excluding hydrogens is 290 g/mol. The van der Waals surface area contributed by atoms with Gasteiger partial charge in [-0.15, -0.1) is 0 Å². The molecule has 0 saturated heterocycles. The molecule has 1 heterocycles. The summed E-state index contributed by atoms with van der Waals surface area (Å²) in [6, 6.07) is 0.253. The first-order chi connectivity index (χ1) is 8.40. The highest BCUT2D eigenvalue weighted by Gasteiger charge is 2.49. The Morgan fingerprint density at radius 1 is 1.50 bits per heavy atom. The molecule has 0 radical (unpaired) electrons. The van der Waals surface area contributed by atoms with E-state index in [4.69, 9.17) is 5.73 Å². The van der Waals surface area contributed by atoms with Crippen molar-refractivity contribution in [1.82, 2.24) is 9.78 Å². The van der Waals surface area contributed by atoms with E-state index < -0.39 is 0 Å². The molecule has 1 aliphatic carbocycles. The van der Waals surface area contributed by atoms with Crippen LogP contribution in [0.15, 0.2) is 4.47 Å². The van der Waals surface area contributed by atoms with Gasteiger partial charge in [0.2, 0.25) is 0 Å². The van der Waals surface area contributed by atoms with Gasteiger partial charge in [0, 0.05) is 19.0 Å². The fourth-order valence-electron chi connectivity index (χ4n) is 2.82. The standard InChI is InChI=1S/C14H24BrN3/c1-5-11-13(15)12(18(6-2)17-11)7-10(16)9-8-14(9,3)4/h9-10H,5-8,16H2,1-4H3. The average Bonchev–Trinajstić information content (AvgIpc) is 2.86. The number of hydrogen-bond donors (Lipinski definition) is 1. The molecule has 0 bridgehead atoms. The maximum absolute atomic E-state index is 6.37. The van der Waals surface area contributed by atoms with Gasteiger partial charge in [0.25, 0.3) is 0 Å². The third-order valence-corrected chi connectivity index (χ3v) is 5.15. The van der Waals surface area contributed by atoms with Gasteiger partial charge < -0.3 is 5.73 Å². The van der Waals surface area contributed by atoms with E-state index in [1.165, 1.54) is 16.6 Å². The normalized spacial score (nSPS) is 23.1. The molecule has 2 unspecified atom stereocenters. The Morgan fingerprint density at radius 2 is 2.11 bits per heavy atom. The highest BCUT2D eigenvalue weighted by atomic mass is 79.9. The van der Waals surface area contributed by atoms with Crippen LogP contribution in [-0.4, -0.2) is 15.8 Å². The van der Waals surface area contributed by atoms with Crippen LogP contribution < -0.4 is 5.73 Å². The minimum absolute atomic E-state index is 0.253. The largest absolute Gasteiger partial charge is 0.327 e. The molecule has 102 valence electrons. The lowest BCUT2D eigenvalue weighted by Gasteiger charge is -2.14. The van der Waals surface area contributed by atoms with Crippen LogP contribution in [-0.2, 0) is 19.4 Å². The van der Waals surface area contributed by atoms with E-state index in [1.54, 1.807) is 0 Å². The Hall–Kier alpha value is -0.350. The molecule has 1 aromatic heterocycles. The van der Waals surface area contributed by atoms with Gasteiger partial charge in [0.1, 0.15) is 0 Å². The summed E-state index contributed by atoms with van der Waals surface area (Å²) >= 11 is 3.69. The van der Waals surface area contributed by atoms with E-state index in [2.05, 4.69) is 53.4 Å². The van der Waals surface area contributed by atoms with Gasteiger partial charge in [-0.25, -0.2) is 0 Å². The summed E-state index contributed by atoms with van der Waals surface area (Å²) in [5, 5.41) is 4.63. The van der Waals surface area contributed by atoms with Crippen LogP contribution in [0.3, 0.4) is 0 Å². The minimum Gasteiger partial charge on any atom is -0.327 e. The number of aryl methyl sites for hydroxylation is 2. The molecule has 2 N–H and O–H groups in total. The summed E-state index contributed by atoms with van der Waals surface area (Å²) in [5.41, 5.74) is 9.22. The van der Waals surface area contributed by atoms with Crippen molar-refractivity contribution in [2.75, 3.05) is 0 Å². The lowest BCUT2D eigenvalue weighted by atomic mass is 10.0. The van der Waals surface area contributed by atoms with Gasteiger partial charge >= 0.3 is 0 Å². The zero-order chi connectivity index (χ0) is 13.5. The van der Waals surface area contributed by atoms with Crippen LogP contribution in [0.25, 0.3) is 0 Å². The zero-order valence-corrected chi connectivity index (χ0v) is 13.4. The maximum Gasteiger partial charge on any atom is 0.0766 e. The van der Waals surface area contributed by atoms with Crippen molar-refractivity contribution in [3.05, 3.63) is 15.9 Å². The average molecular weight is 314 g/mol. The molecular formula is C14H24BrN3. The highest BCUT2D eigenvalue weighted by molar-refractivity contribution is 9.10. The summed E-state index contributed by atoms with van der Waals surface area (Å²) in [7, 11) is 0. The molecule has 0 aromatic carbocycles. The van der Waals surface area contributed by atoms with E-state index in [9.17, 15) is 0 Å². The molecule has 4 heteroatoms. The molecule has 0 spiro atoms. The molecule has 1 fully saturated rings. The van der Waals surface area contributed by atoms with Crippen molar-refractivity contribution >= 4 is 15.9 Å². The second-order valence-corrected chi connectivity index (χ2v) is 6.84. The lowest BCUT2D eigenvalue weighted by molar-refractivity contribution is 0.463. The fourth-order valence-corrected chi connectivity index (χ4v) is 3.54. The van der Waals surface area contributed by atoms with Crippen LogP contribution in [0.4, 0.5) is 0 Å². The third kappa shape index (κ3) is 2.50. The van der Waals surface area contributed by atoms with Crippen molar-refractivity contribution in [2.45, 2.75) is 59.5 Å². The Bertz CT molecular complexity index is 436. The first-order valence-corrected chi connectivity index (χ1v) is 7.69. The first kappa shape index (κ1) is 14.1. The quantitative estimate of drug-likeness (QED) is 0.907. The SMILES string of the molecule is CCc1nn(CC)c(CC(N)C2CC2(C)C)c1Br. The van der Waals surface area contributed by atoms with Gasteiger partial charge in [0.15, 0.2) is 0 Å². The number of nitrogens with two attached hydrogens (primary N) is 1. The van der Waals surface area contributed by atoms with Crippen molar-refractivity contribution in [1.29, 1.82) is 0 Å². The molecule has 2 rings (SSSR count). The van der Waals surface area contributed by atoms with Crippen molar-refractivity contribution < 1.29 is 0 Å². The lowest BCUT2D eigenvalue weighted by Crippen LogP contribution is -2.28. The van der Waals surface area contributed by atoms with E-state index in [0.717, 1.165) is 25.1 Å². The molecule has 1 aromatic rings. The van der Waals surface area contributed by atoms with E-state index in [1.807, 2.05) is 0 Å². The van der Waals surface area contributed by atoms with Crippen molar-refractivity contribution in [2.24, 2.45) is 17.1 Å². The second kappa shape index (κ2) is 4.97. The number of nitrogens with zero attached hydrogens (tertiary/aromatic N) is 2. The van der Waals surface area contributed by atoms with E-state index >= 15 is 0 Å². The van der Waals surface area contributed by atoms with E-state index in [0.29, 0.717) is 11.3 Å². The van der Waals surface area contributed by atoms with Crippen LogP contribution in [0, 0.1) is 11.3 Å². The molecule has 0 amide bonds. The Balaban J connectivity index is 2.15. The van der Waals surface area contributed by atoms with Gasteiger partial charge in [-0.3, -0.25) is 4.68 Å². The zero-order valence-electron chi connectivity index (χ0n) is 11.8. The number of halogens is 1. The summed E-state index contributed by atoms with van der Waals surface area (Å²) < 4.78 is 3.26. The summed E-state index contributed by atoms with van der Waals surface area (Å²) in [6.07, 6.45) is 3.15. The summed E-state index contributed by atoms with van der Waals surface area (Å²) in [5.74, 6) is 0.662. The molecule has 2 atom stereocenters. The van der Waals surface area contributed by atoms with Crippen molar-refractivity contribution in [3.8, 4) is 0 Å². The molecule has 3 nitrogen and oxygen atoms in total. The summed E-state index contributed by atoms with van der Waals surface area (Å²) in [4.78, 5) is 0. The Morgan fingerprint density at radius 3 is 2.56 bits per heavy atom. The van der Waals surface area contributed by atoms with Crippen LogP contribution in [0.5, 0.6) is 0 Å². The maximum atomic E-state index is 6.37. The fraction of sp³-hybridized carbons (Fsp3) is 0.786.